The van der Waals surface area contributed by atoms with Gasteiger partial charge in [0, 0.05) is 43.6 Å². The standard InChI is InChI=1S/C23H27N3O5/c1-30-19-11-4-3-10-18(19)20(31-2)15-24-22(28)23(29)25-16-8-7-9-17(14-16)26-13-6-5-12-21(26)27/h3-4,7-11,14,20H,5-6,12-13,15H2,1-2H3,(H,24,28)(H,25,29)/t20-/m1/s1. The zero-order valence-electron chi connectivity index (χ0n) is 17.7. The summed E-state index contributed by atoms with van der Waals surface area (Å²) in [5.74, 6) is -0.875. The lowest BCUT2D eigenvalue weighted by Gasteiger charge is -2.27. The number of benzene rings is 2. The van der Waals surface area contributed by atoms with Crippen molar-refractivity contribution in [3.63, 3.8) is 0 Å². The normalized spacial score (nSPS) is 14.6. The Hall–Kier alpha value is -3.39. The molecule has 2 aromatic rings. The van der Waals surface area contributed by atoms with Gasteiger partial charge >= 0.3 is 11.8 Å². The molecule has 3 rings (SSSR count). The lowest BCUT2D eigenvalue weighted by Crippen LogP contribution is -2.38. The Bertz CT molecular complexity index is 946. The molecule has 2 aromatic carbocycles. The predicted molar refractivity (Wildman–Crippen MR) is 117 cm³/mol. The van der Waals surface area contributed by atoms with Gasteiger partial charge in [0.25, 0.3) is 0 Å². The fourth-order valence-electron chi connectivity index (χ4n) is 3.54. The van der Waals surface area contributed by atoms with Crippen molar-refractivity contribution in [3.8, 4) is 5.75 Å². The quantitative estimate of drug-likeness (QED) is 0.665. The number of rotatable bonds is 7. The molecule has 164 valence electrons. The molecule has 8 heteroatoms. The number of amides is 3. The number of nitrogens with one attached hydrogen (secondary N) is 2. The van der Waals surface area contributed by atoms with Crippen LogP contribution in [-0.4, -0.2) is 45.0 Å². The molecule has 1 saturated heterocycles. The van der Waals surface area contributed by atoms with Crippen molar-refractivity contribution >= 4 is 29.1 Å². The van der Waals surface area contributed by atoms with Crippen LogP contribution in [0.2, 0.25) is 0 Å². The summed E-state index contributed by atoms with van der Waals surface area (Å²) in [6.07, 6.45) is 1.88. The van der Waals surface area contributed by atoms with Gasteiger partial charge in [0.15, 0.2) is 0 Å². The lowest BCUT2D eigenvalue weighted by molar-refractivity contribution is -0.136. The first-order chi connectivity index (χ1) is 15.0. The molecule has 1 heterocycles. The Balaban J connectivity index is 1.60. The van der Waals surface area contributed by atoms with Crippen LogP contribution in [0.5, 0.6) is 5.75 Å². The van der Waals surface area contributed by atoms with Crippen molar-refractivity contribution in [3.05, 3.63) is 54.1 Å². The Morgan fingerprint density at radius 2 is 1.87 bits per heavy atom. The number of carbonyl (C=O) groups is 3. The molecule has 0 aromatic heterocycles. The van der Waals surface area contributed by atoms with E-state index in [0.717, 1.165) is 18.4 Å². The summed E-state index contributed by atoms with van der Waals surface area (Å²) in [7, 11) is 3.08. The van der Waals surface area contributed by atoms with Crippen LogP contribution in [-0.2, 0) is 19.1 Å². The molecule has 31 heavy (non-hydrogen) atoms. The van der Waals surface area contributed by atoms with Crippen molar-refractivity contribution in [1.29, 1.82) is 0 Å². The largest absolute Gasteiger partial charge is 0.496 e. The van der Waals surface area contributed by atoms with Gasteiger partial charge in [0.1, 0.15) is 11.9 Å². The summed E-state index contributed by atoms with van der Waals surface area (Å²) in [5.41, 5.74) is 1.93. The number of nitrogens with zero attached hydrogens (tertiary/aromatic N) is 1. The van der Waals surface area contributed by atoms with E-state index >= 15 is 0 Å². The fraction of sp³-hybridized carbons (Fsp3) is 0.348. The highest BCUT2D eigenvalue weighted by Gasteiger charge is 2.22. The highest BCUT2D eigenvalue weighted by Crippen LogP contribution is 2.26. The van der Waals surface area contributed by atoms with E-state index in [1.165, 1.54) is 7.11 Å². The average molecular weight is 425 g/mol. The van der Waals surface area contributed by atoms with Crippen molar-refractivity contribution in [2.45, 2.75) is 25.4 Å². The summed E-state index contributed by atoms with van der Waals surface area (Å²) in [5, 5.41) is 5.18. The minimum absolute atomic E-state index is 0.0643. The highest BCUT2D eigenvalue weighted by atomic mass is 16.5. The van der Waals surface area contributed by atoms with Gasteiger partial charge in [-0.2, -0.15) is 0 Å². The van der Waals surface area contributed by atoms with Crippen molar-refractivity contribution in [2.75, 3.05) is 37.5 Å². The topological polar surface area (TPSA) is 97.0 Å². The van der Waals surface area contributed by atoms with E-state index in [4.69, 9.17) is 9.47 Å². The number of methoxy groups -OCH3 is 2. The molecule has 1 atom stereocenters. The van der Waals surface area contributed by atoms with Gasteiger partial charge in [-0.1, -0.05) is 24.3 Å². The molecule has 0 radical (unpaired) electrons. The van der Waals surface area contributed by atoms with E-state index in [-0.39, 0.29) is 12.5 Å². The third kappa shape index (κ3) is 5.61. The van der Waals surface area contributed by atoms with Crippen molar-refractivity contribution in [2.24, 2.45) is 0 Å². The second kappa shape index (κ2) is 10.6. The Morgan fingerprint density at radius 1 is 1.06 bits per heavy atom. The SMILES string of the molecule is COc1ccccc1[C@@H](CNC(=O)C(=O)Nc1cccc(N2CCCCC2=O)c1)OC. The van der Waals surface area contributed by atoms with E-state index in [0.29, 0.717) is 30.1 Å². The van der Waals surface area contributed by atoms with E-state index in [9.17, 15) is 14.4 Å². The second-order valence-corrected chi connectivity index (χ2v) is 7.18. The van der Waals surface area contributed by atoms with Gasteiger partial charge in [0.2, 0.25) is 5.91 Å². The molecule has 0 bridgehead atoms. The van der Waals surface area contributed by atoms with Crippen LogP contribution in [0.4, 0.5) is 11.4 Å². The number of piperidine rings is 1. The molecule has 3 amide bonds. The molecular formula is C23H27N3O5. The van der Waals surface area contributed by atoms with Gasteiger partial charge in [-0.15, -0.1) is 0 Å². The Morgan fingerprint density at radius 3 is 2.61 bits per heavy atom. The molecule has 1 fully saturated rings. The van der Waals surface area contributed by atoms with Gasteiger partial charge in [-0.05, 0) is 37.1 Å². The van der Waals surface area contributed by atoms with Crippen LogP contribution in [0, 0.1) is 0 Å². The summed E-state index contributed by atoms with van der Waals surface area (Å²) in [4.78, 5) is 38.5. The zero-order chi connectivity index (χ0) is 22.2. The summed E-state index contributed by atoms with van der Waals surface area (Å²) in [6.45, 7) is 0.753. The smallest absolute Gasteiger partial charge is 0.313 e. The number of hydrogen-bond acceptors (Lipinski definition) is 5. The first-order valence-corrected chi connectivity index (χ1v) is 10.2. The summed E-state index contributed by atoms with van der Waals surface area (Å²) < 4.78 is 10.8. The monoisotopic (exact) mass is 425 g/mol. The Kier molecular flexibility index (Phi) is 7.61. The molecule has 0 aliphatic carbocycles. The third-order valence-electron chi connectivity index (χ3n) is 5.16. The first kappa shape index (κ1) is 22.3. The van der Waals surface area contributed by atoms with Crippen LogP contribution in [0.15, 0.2) is 48.5 Å². The minimum atomic E-state index is -0.794. The van der Waals surface area contributed by atoms with Gasteiger partial charge in [-0.3, -0.25) is 14.4 Å². The molecule has 1 aliphatic rings. The Labute approximate surface area is 181 Å². The number of anilines is 2. The van der Waals surface area contributed by atoms with Crippen LogP contribution in [0.25, 0.3) is 0 Å². The zero-order valence-corrected chi connectivity index (χ0v) is 17.7. The lowest BCUT2D eigenvalue weighted by atomic mass is 10.1. The molecular weight excluding hydrogens is 398 g/mol. The second-order valence-electron chi connectivity index (χ2n) is 7.18. The van der Waals surface area contributed by atoms with E-state index in [1.54, 1.807) is 36.3 Å². The maximum atomic E-state index is 12.4. The van der Waals surface area contributed by atoms with Gasteiger partial charge < -0.3 is 25.0 Å². The summed E-state index contributed by atoms with van der Waals surface area (Å²) >= 11 is 0. The van der Waals surface area contributed by atoms with E-state index in [2.05, 4.69) is 10.6 Å². The number of hydrogen-bond donors (Lipinski definition) is 2. The molecule has 1 aliphatic heterocycles. The number of ether oxygens (including phenoxy) is 2. The maximum absolute atomic E-state index is 12.4. The van der Waals surface area contributed by atoms with Crippen molar-refractivity contribution in [1.82, 2.24) is 5.32 Å². The molecule has 2 N–H and O–H groups in total. The number of para-hydroxylation sites is 1. The van der Waals surface area contributed by atoms with Gasteiger partial charge in [-0.25, -0.2) is 0 Å². The van der Waals surface area contributed by atoms with Crippen LogP contribution in [0.1, 0.15) is 30.9 Å². The van der Waals surface area contributed by atoms with E-state index in [1.807, 2.05) is 24.3 Å². The van der Waals surface area contributed by atoms with Crippen LogP contribution in [0.3, 0.4) is 0 Å². The van der Waals surface area contributed by atoms with Crippen molar-refractivity contribution < 1.29 is 23.9 Å². The molecule has 0 unspecified atom stereocenters. The number of carbonyl (C=O) groups excluding carboxylic acids is 3. The molecule has 8 nitrogen and oxygen atoms in total. The predicted octanol–water partition coefficient (Wildman–Crippen LogP) is 2.65. The molecule has 0 saturated carbocycles. The fourth-order valence-corrected chi connectivity index (χ4v) is 3.54. The maximum Gasteiger partial charge on any atom is 0.313 e. The van der Waals surface area contributed by atoms with Crippen LogP contribution >= 0.6 is 0 Å². The summed E-state index contributed by atoms with van der Waals surface area (Å²) in [6, 6.07) is 14.3. The van der Waals surface area contributed by atoms with Crippen LogP contribution < -0.4 is 20.3 Å². The molecule has 0 spiro atoms. The minimum Gasteiger partial charge on any atom is -0.496 e. The van der Waals surface area contributed by atoms with Gasteiger partial charge in [0.05, 0.1) is 7.11 Å². The third-order valence-corrected chi connectivity index (χ3v) is 5.16. The first-order valence-electron chi connectivity index (χ1n) is 10.2. The van der Waals surface area contributed by atoms with E-state index < -0.39 is 17.9 Å². The average Bonchev–Trinajstić information content (AvgIpc) is 2.80. The highest BCUT2D eigenvalue weighted by molar-refractivity contribution is 6.39.